The van der Waals surface area contributed by atoms with E-state index < -0.39 is 0 Å². The lowest BCUT2D eigenvalue weighted by Crippen LogP contribution is -2.25. The fourth-order valence-electron chi connectivity index (χ4n) is 2.57. The predicted octanol–water partition coefficient (Wildman–Crippen LogP) is 4.14. The van der Waals surface area contributed by atoms with Crippen LogP contribution in [0.2, 0.25) is 0 Å². The van der Waals surface area contributed by atoms with Crippen LogP contribution in [-0.2, 0) is 12.8 Å². The number of hydrogen-bond donors (Lipinski definition) is 0. The molecule has 0 bridgehead atoms. The fourth-order valence-corrected chi connectivity index (χ4v) is 2.57. The van der Waals surface area contributed by atoms with Crippen molar-refractivity contribution in [3.05, 3.63) is 23.0 Å². The van der Waals surface area contributed by atoms with Crippen molar-refractivity contribution in [1.82, 2.24) is 4.98 Å². The molecule has 2 heteroatoms. The standard InChI is InChI=1S/C16H28N2/c1-6-10-14-13(5)12-17-15(11-7-2)16(14)18(8-3)9-4/h12H,6-11H2,1-5H3. The molecule has 0 aliphatic carbocycles. The SMILES string of the molecule is CCCc1ncc(C)c(CCC)c1N(CC)CC. The maximum Gasteiger partial charge on any atom is 0.0639 e. The molecule has 0 amide bonds. The van der Waals surface area contributed by atoms with Gasteiger partial charge in [-0.2, -0.15) is 0 Å². The number of hydrogen-bond acceptors (Lipinski definition) is 2. The highest BCUT2D eigenvalue weighted by Crippen LogP contribution is 2.29. The summed E-state index contributed by atoms with van der Waals surface area (Å²) in [6.45, 7) is 13.3. The summed E-state index contributed by atoms with van der Waals surface area (Å²) in [6, 6.07) is 0. The Morgan fingerprint density at radius 3 is 2.11 bits per heavy atom. The number of aryl methyl sites for hydroxylation is 2. The molecule has 0 radical (unpaired) electrons. The molecule has 1 heterocycles. The smallest absolute Gasteiger partial charge is 0.0639 e. The molecule has 0 aromatic carbocycles. The van der Waals surface area contributed by atoms with Crippen LogP contribution in [0.3, 0.4) is 0 Å². The molecule has 0 aliphatic rings. The monoisotopic (exact) mass is 248 g/mol. The highest BCUT2D eigenvalue weighted by Gasteiger charge is 2.16. The number of rotatable bonds is 7. The van der Waals surface area contributed by atoms with Gasteiger partial charge in [0.05, 0.1) is 11.4 Å². The summed E-state index contributed by atoms with van der Waals surface area (Å²) >= 11 is 0. The van der Waals surface area contributed by atoms with Gasteiger partial charge in [-0.05, 0) is 44.7 Å². The molecule has 0 aliphatic heterocycles. The summed E-state index contributed by atoms with van der Waals surface area (Å²) in [4.78, 5) is 7.15. The predicted molar refractivity (Wildman–Crippen MR) is 80.5 cm³/mol. The molecule has 0 fully saturated rings. The van der Waals surface area contributed by atoms with Gasteiger partial charge in [0.1, 0.15) is 0 Å². The van der Waals surface area contributed by atoms with Crippen LogP contribution in [0.15, 0.2) is 6.20 Å². The van der Waals surface area contributed by atoms with Crippen molar-refractivity contribution in [2.45, 2.75) is 60.3 Å². The molecule has 2 nitrogen and oxygen atoms in total. The van der Waals surface area contributed by atoms with Crippen molar-refractivity contribution in [3.8, 4) is 0 Å². The minimum Gasteiger partial charge on any atom is -0.370 e. The van der Waals surface area contributed by atoms with Gasteiger partial charge in [-0.25, -0.2) is 0 Å². The Morgan fingerprint density at radius 1 is 1.00 bits per heavy atom. The molecular formula is C16H28N2. The molecule has 0 saturated heterocycles. The zero-order valence-corrected chi connectivity index (χ0v) is 12.7. The second-order valence-electron chi connectivity index (χ2n) is 4.89. The maximum absolute atomic E-state index is 4.69. The lowest BCUT2D eigenvalue weighted by atomic mass is 10.00. The van der Waals surface area contributed by atoms with E-state index in [2.05, 4.69) is 50.7 Å². The van der Waals surface area contributed by atoms with Crippen LogP contribution in [0.4, 0.5) is 5.69 Å². The van der Waals surface area contributed by atoms with Gasteiger partial charge < -0.3 is 4.90 Å². The first-order valence-electron chi connectivity index (χ1n) is 7.41. The zero-order chi connectivity index (χ0) is 13.5. The van der Waals surface area contributed by atoms with Gasteiger partial charge in [0.25, 0.3) is 0 Å². The topological polar surface area (TPSA) is 16.1 Å². The van der Waals surface area contributed by atoms with Crippen molar-refractivity contribution in [1.29, 1.82) is 0 Å². The van der Waals surface area contributed by atoms with E-state index in [1.165, 1.54) is 28.9 Å². The average Bonchev–Trinajstić information content (AvgIpc) is 2.37. The summed E-state index contributed by atoms with van der Waals surface area (Å²) < 4.78 is 0. The Kier molecular flexibility index (Phi) is 6.17. The van der Waals surface area contributed by atoms with Gasteiger partial charge in [0, 0.05) is 19.3 Å². The van der Waals surface area contributed by atoms with Crippen LogP contribution in [-0.4, -0.2) is 18.1 Å². The van der Waals surface area contributed by atoms with E-state index in [0.29, 0.717) is 0 Å². The van der Waals surface area contributed by atoms with Gasteiger partial charge in [-0.15, -0.1) is 0 Å². The molecule has 0 N–H and O–H groups in total. The van der Waals surface area contributed by atoms with Gasteiger partial charge in [-0.1, -0.05) is 26.7 Å². The van der Waals surface area contributed by atoms with Crippen molar-refractivity contribution in [2.24, 2.45) is 0 Å². The quantitative estimate of drug-likeness (QED) is 0.721. The van der Waals surface area contributed by atoms with E-state index in [4.69, 9.17) is 0 Å². The number of anilines is 1. The van der Waals surface area contributed by atoms with Crippen LogP contribution in [0.5, 0.6) is 0 Å². The van der Waals surface area contributed by atoms with Gasteiger partial charge >= 0.3 is 0 Å². The van der Waals surface area contributed by atoms with Crippen LogP contribution in [0.25, 0.3) is 0 Å². The summed E-state index contributed by atoms with van der Waals surface area (Å²) in [5.74, 6) is 0. The molecule has 0 saturated carbocycles. The number of pyridine rings is 1. The summed E-state index contributed by atoms with van der Waals surface area (Å²) in [5, 5.41) is 0. The first-order chi connectivity index (χ1) is 8.69. The first-order valence-corrected chi connectivity index (χ1v) is 7.41. The normalized spacial score (nSPS) is 10.7. The van der Waals surface area contributed by atoms with Crippen LogP contribution in [0, 0.1) is 6.92 Å². The molecule has 0 spiro atoms. The third-order valence-electron chi connectivity index (χ3n) is 3.52. The van der Waals surface area contributed by atoms with Crippen molar-refractivity contribution < 1.29 is 0 Å². The number of nitrogens with zero attached hydrogens (tertiary/aromatic N) is 2. The third kappa shape index (κ3) is 3.24. The average molecular weight is 248 g/mol. The third-order valence-corrected chi connectivity index (χ3v) is 3.52. The summed E-state index contributed by atoms with van der Waals surface area (Å²) in [5.41, 5.74) is 5.57. The van der Waals surface area contributed by atoms with Crippen LogP contribution < -0.4 is 4.90 Å². The van der Waals surface area contributed by atoms with Crippen LogP contribution >= 0.6 is 0 Å². The van der Waals surface area contributed by atoms with Crippen LogP contribution in [0.1, 0.15) is 57.4 Å². The fraction of sp³-hybridized carbons (Fsp3) is 0.688. The van der Waals surface area contributed by atoms with E-state index in [0.717, 1.165) is 32.4 Å². The Bertz CT molecular complexity index is 368. The Hall–Kier alpha value is -1.05. The Morgan fingerprint density at radius 2 is 1.61 bits per heavy atom. The van der Waals surface area contributed by atoms with Gasteiger partial charge in [-0.3, -0.25) is 4.98 Å². The number of aromatic nitrogens is 1. The maximum atomic E-state index is 4.69. The van der Waals surface area contributed by atoms with Gasteiger partial charge in [0.15, 0.2) is 0 Å². The Balaban J connectivity index is 3.31. The largest absolute Gasteiger partial charge is 0.370 e. The van der Waals surface area contributed by atoms with Crippen molar-refractivity contribution in [3.63, 3.8) is 0 Å². The highest BCUT2D eigenvalue weighted by atomic mass is 15.1. The Labute approximate surface area is 112 Å². The lowest BCUT2D eigenvalue weighted by molar-refractivity contribution is 0.796. The molecule has 102 valence electrons. The van der Waals surface area contributed by atoms with E-state index >= 15 is 0 Å². The second kappa shape index (κ2) is 7.40. The summed E-state index contributed by atoms with van der Waals surface area (Å²) in [7, 11) is 0. The molecule has 18 heavy (non-hydrogen) atoms. The van der Waals surface area contributed by atoms with E-state index in [1.54, 1.807) is 0 Å². The minimum atomic E-state index is 1.06. The zero-order valence-electron chi connectivity index (χ0n) is 12.7. The lowest BCUT2D eigenvalue weighted by Gasteiger charge is -2.27. The van der Waals surface area contributed by atoms with Gasteiger partial charge in [0.2, 0.25) is 0 Å². The minimum absolute atomic E-state index is 1.06. The second-order valence-corrected chi connectivity index (χ2v) is 4.89. The van der Waals surface area contributed by atoms with Crippen molar-refractivity contribution >= 4 is 5.69 Å². The first kappa shape index (κ1) is 15.0. The van der Waals surface area contributed by atoms with Crippen molar-refractivity contribution in [2.75, 3.05) is 18.0 Å². The highest BCUT2D eigenvalue weighted by molar-refractivity contribution is 5.59. The summed E-state index contributed by atoms with van der Waals surface area (Å²) in [6.07, 6.45) is 6.67. The van der Waals surface area contributed by atoms with E-state index in [1.807, 2.05) is 0 Å². The molecule has 1 rings (SSSR count). The molecule has 1 aromatic rings. The molecule has 1 aromatic heterocycles. The molecule has 0 unspecified atom stereocenters. The molecule has 0 atom stereocenters. The van der Waals surface area contributed by atoms with E-state index in [-0.39, 0.29) is 0 Å². The van der Waals surface area contributed by atoms with E-state index in [9.17, 15) is 0 Å². The molecular weight excluding hydrogens is 220 g/mol.